The number of aryl methyl sites for hydroxylation is 1. The van der Waals surface area contributed by atoms with Gasteiger partial charge in [0.15, 0.2) is 10.4 Å². The van der Waals surface area contributed by atoms with Crippen LogP contribution in [-0.4, -0.2) is 43.1 Å². The lowest BCUT2D eigenvalue weighted by molar-refractivity contribution is 0.0926. The normalized spacial score (nSPS) is 10.4. The molecule has 2 rings (SSSR count). The van der Waals surface area contributed by atoms with Crippen LogP contribution >= 0.6 is 15.9 Å². The van der Waals surface area contributed by atoms with Crippen LogP contribution in [0.4, 0.5) is 11.8 Å². The number of halogens is 1. The van der Waals surface area contributed by atoms with Crippen LogP contribution in [0.3, 0.4) is 0 Å². The lowest BCUT2D eigenvalue weighted by Gasteiger charge is -2.13. The molecule has 0 bridgehead atoms. The van der Waals surface area contributed by atoms with E-state index >= 15 is 0 Å². The number of furan rings is 1. The first-order valence-corrected chi connectivity index (χ1v) is 7.55. The molecular formula is C14H18BrN5O2. The molecule has 0 aliphatic carbocycles. The molecule has 1 amide bonds. The van der Waals surface area contributed by atoms with Crippen molar-refractivity contribution in [1.82, 2.24) is 15.3 Å². The van der Waals surface area contributed by atoms with Crippen molar-refractivity contribution >= 4 is 33.6 Å². The summed E-state index contributed by atoms with van der Waals surface area (Å²) in [6.45, 7) is 2.87. The molecule has 0 aliphatic rings. The third kappa shape index (κ3) is 4.45. The Labute approximate surface area is 137 Å². The van der Waals surface area contributed by atoms with E-state index in [4.69, 9.17) is 4.42 Å². The fraction of sp³-hybridized carbons (Fsp3) is 0.357. The second-order valence-electron chi connectivity index (χ2n) is 4.87. The van der Waals surface area contributed by atoms with Crippen LogP contribution in [0.2, 0.25) is 0 Å². The summed E-state index contributed by atoms with van der Waals surface area (Å²) in [5, 5.41) is 5.84. The van der Waals surface area contributed by atoms with Crippen LogP contribution in [0.5, 0.6) is 0 Å². The highest BCUT2D eigenvalue weighted by Gasteiger charge is 2.09. The molecule has 0 saturated heterocycles. The predicted molar refractivity (Wildman–Crippen MR) is 88.3 cm³/mol. The minimum Gasteiger partial charge on any atom is -0.444 e. The van der Waals surface area contributed by atoms with Gasteiger partial charge in [-0.25, -0.2) is 4.98 Å². The van der Waals surface area contributed by atoms with Crippen molar-refractivity contribution in [1.29, 1.82) is 0 Å². The van der Waals surface area contributed by atoms with Gasteiger partial charge in [-0.15, -0.1) is 0 Å². The standard InChI is InChI=1S/C14H18BrN5O2/c1-9-8-12(20(2)3)19-14(18-9)17-7-6-16-13(21)10-4-5-11(15)22-10/h4-5,8H,6-7H2,1-3H3,(H,16,21)(H,17,18,19). The number of nitrogens with one attached hydrogen (secondary N) is 2. The van der Waals surface area contributed by atoms with E-state index in [1.807, 2.05) is 32.0 Å². The Hall–Kier alpha value is -2.09. The van der Waals surface area contributed by atoms with Crippen LogP contribution in [0.1, 0.15) is 16.2 Å². The smallest absolute Gasteiger partial charge is 0.287 e. The number of nitrogens with zero attached hydrogens (tertiary/aromatic N) is 3. The van der Waals surface area contributed by atoms with Gasteiger partial charge in [0.2, 0.25) is 5.95 Å². The van der Waals surface area contributed by atoms with Gasteiger partial charge in [-0.2, -0.15) is 4.98 Å². The summed E-state index contributed by atoms with van der Waals surface area (Å²) in [5.41, 5.74) is 0.880. The number of carbonyl (C=O) groups is 1. The van der Waals surface area contributed by atoms with Crippen molar-refractivity contribution in [3.05, 3.63) is 34.3 Å². The average molecular weight is 368 g/mol. The summed E-state index contributed by atoms with van der Waals surface area (Å²) < 4.78 is 5.70. The second kappa shape index (κ2) is 7.26. The van der Waals surface area contributed by atoms with E-state index in [9.17, 15) is 4.79 Å². The Morgan fingerprint density at radius 1 is 1.32 bits per heavy atom. The molecule has 0 radical (unpaired) electrons. The topological polar surface area (TPSA) is 83.3 Å². The van der Waals surface area contributed by atoms with Gasteiger partial charge in [0.25, 0.3) is 5.91 Å². The van der Waals surface area contributed by atoms with E-state index in [0.29, 0.717) is 23.7 Å². The molecule has 0 atom stereocenters. The predicted octanol–water partition coefficient (Wildman–Crippen LogP) is 2.05. The first-order chi connectivity index (χ1) is 10.5. The summed E-state index contributed by atoms with van der Waals surface area (Å²) in [5.74, 6) is 1.39. The van der Waals surface area contributed by atoms with E-state index in [1.54, 1.807) is 12.1 Å². The van der Waals surface area contributed by atoms with E-state index in [2.05, 4.69) is 36.5 Å². The summed E-state index contributed by atoms with van der Waals surface area (Å²) in [7, 11) is 3.85. The van der Waals surface area contributed by atoms with Crippen LogP contribution < -0.4 is 15.5 Å². The molecule has 118 valence electrons. The zero-order valence-corrected chi connectivity index (χ0v) is 14.3. The molecule has 0 saturated carbocycles. The van der Waals surface area contributed by atoms with E-state index in [-0.39, 0.29) is 11.7 Å². The summed E-state index contributed by atoms with van der Waals surface area (Å²) in [6, 6.07) is 5.19. The quantitative estimate of drug-likeness (QED) is 0.760. The number of aromatic nitrogens is 2. The maximum Gasteiger partial charge on any atom is 0.287 e. The van der Waals surface area contributed by atoms with Gasteiger partial charge in [-0.3, -0.25) is 4.79 Å². The first kappa shape index (κ1) is 16.3. The molecule has 0 aliphatic heterocycles. The van der Waals surface area contributed by atoms with Crippen LogP contribution in [0, 0.1) is 6.92 Å². The lowest BCUT2D eigenvalue weighted by atomic mass is 10.4. The first-order valence-electron chi connectivity index (χ1n) is 6.76. The molecule has 2 heterocycles. The van der Waals surface area contributed by atoms with Crippen molar-refractivity contribution in [2.45, 2.75) is 6.92 Å². The maximum absolute atomic E-state index is 11.8. The van der Waals surface area contributed by atoms with E-state index in [0.717, 1.165) is 11.5 Å². The Bertz CT molecular complexity index is 656. The van der Waals surface area contributed by atoms with E-state index in [1.165, 1.54) is 0 Å². The number of rotatable bonds is 6. The molecular weight excluding hydrogens is 350 g/mol. The van der Waals surface area contributed by atoms with Crippen molar-refractivity contribution in [2.24, 2.45) is 0 Å². The van der Waals surface area contributed by atoms with Gasteiger partial charge in [0, 0.05) is 38.9 Å². The van der Waals surface area contributed by atoms with Gasteiger partial charge >= 0.3 is 0 Å². The molecule has 0 fully saturated rings. The fourth-order valence-corrected chi connectivity index (χ4v) is 2.04. The highest BCUT2D eigenvalue weighted by Crippen LogP contribution is 2.14. The van der Waals surface area contributed by atoms with Gasteiger partial charge in [-0.1, -0.05) is 0 Å². The molecule has 0 aromatic carbocycles. The number of anilines is 2. The monoisotopic (exact) mass is 367 g/mol. The summed E-state index contributed by atoms with van der Waals surface area (Å²) >= 11 is 3.16. The maximum atomic E-state index is 11.8. The molecule has 7 nitrogen and oxygen atoms in total. The van der Waals surface area contributed by atoms with Crippen molar-refractivity contribution in [3.8, 4) is 0 Å². The van der Waals surface area contributed by atoms with Crippen molar-refractivity contribution < 1.29 is 9.21 Å². The third-order valence-electron chi connectivity index (χ3n) is 2.79. The highest BCUT2D eigenvalue weighted by atomic mass is 79.9. The second-order valence-corrected chi connectivity index (χ2v) is 5.65. The summed E-state index contributed by atoms with van der Waals surface area (Å²) in [6.07, 6.45) is 0. The highest BCUT2D eigenvalue weighted by molar-refractivity contribution is 9.10. The molecule has 2 aromatic rings. The number of amides is 1. The Morgan fingerprint density at radius 2 is 2.09 bits per heavy atom. The van der Waals surface area contributed by atoms with E-state index < -0.39 is 0 Å². The SMILES string of the molecule is Cc1cc(N(C)C)nc(NCCNC(=O)c2ccc(Br)o2)n1. The minimum absolute atomic E-state index is 0.258. The van der Waals surface area contributed by atoms with Crippen LogP contribution in [0.25, 0.3) is 0 Å². The summed E-state index contributed by atoms with van der Waals surface area (Å²) in [4.78, 5) is 22.4. The zero-order chi connectivity index (χ0) is 16.1. The average Bonchev–Trinajstić information content (AvgIpc) is 2.89. The van der Waals surface area contributed by atoms with Crippen molar-refractivity contribution in [2.75, 3.05) is 37.4 Å². The van der Waals surface area contributed by atoms with Gasteiger partial charge < -0.3 is 20.0 Å². The Balaban J connectivity index is 1.82. The van der Waals surface area contributed by atoms with Gasteiger partial charge in [0.1, 0.15) is 5.82 Å². The largest absolute Gasteiger partial charge is 0.444 e. The lowest BCUT2D eigenvalue weighted by Crippen LogP contribution is -2.28. The molecule has 0 spiro atoms. The van der Waals surface area contributed by atoms with Gasteiger partial charge in [0.05, 0.1) is 0 Å². The number of carbonyl (C=O) groups excluding carboxylic acids is 1. The molecule has 22 heavy (non-hydrogen) atoms. The van der Waals surface area contributed by atoms with Crippen molar-refractivity contribution in [3.63, 3.8) is 0 Å². The van der Waals surface area contributed by atoms with Crippen LogP contribution in [0.15, 0.2) is 27.3 Å². The minimum atomic E-state index is -0.258. The Kier molecular flexibility index (Phi) is 5.37. The van der Waals surface area contributed by atoms with Crippen LogP contribution in [-0.2, 0) is 0 Å². The molecule has 2 N–H and O–H groups in total. The molecule has 2 aromatic heterocycles. The third-order valence-corrected chi connectivity index (χ3v) is 3.22. The van der Waals surface area contributed by atoms with Gasteiger partial charge in [-0.05, 0) is 35.0 Å². The Morgan fingerprint density at radius 3 is 2.73 bits per heavy atom. The zero-order valence-electron chi connectivity index (χ0n) is 12.7. The molecule has 0 unspecified atom stereocenters. The molecule has 8 heteroatoms. The number of hydrogen-bond donors (Lipinski definition) is 2. The number of hydrogen-bond acceptors (Lipinski definition) is 6. The fourth-order valence-electron chi connectivity index (χ4n) is 1.73.